The van der Waals surface area contributed by atoms with Gasteiger partial charge in [-0.2, -0.15) is 0 Å². The number of nitrogens with one attached hydrogen (secondary N) is 1. The molecule has 0 unspecified atom stereocenters. The molecule has 0 aromatic carbocycles. The summed E-state index contributed by atoms with van der Waals surface area (Å²) in [5.41, 5.74) is 0.208. The molecule has 0 aliphatic heterocycles. The molecule has 2 heterocycles. The van der Waals surface area contributed by atoms with Crippen LogP contribution >= 0.6 is 22.9 Å². The molecule has 0 aliphatic carbocycles. The van der Waals surface area contributed by atoms with Crippen molar-refractivity contribution in [1.82, 2.24) is 4.98 Å². The average molecular weight is 299 g/mol. The van der Waals surface area contributed by atoms with Crippen molar-refractivity contribution in [2.75, 3.05) is 5.32 Å². The van der Waals surface area contributed by atoms with E-state index in [1.165, 1.54) is 24.6 Å². The molecule has 0 saturated carbocycles. The number of thiazole rings is 1. The van der Waals surface area contributed by atoms with Crippen LogP contribution in [0.2, 0.25) is 5.22 Å². The number of aliphatic carboxylic acids is 1. The van der Waals surface area contributed by atoms with E-state index in [1.807, 2.05) is 0 Å². The van der Waals surface area contributed by atoms with Crippen LogP contribution in [0, 0.1) is 0 Å². The van der Waals surface area contributed by atoms with Gasteiger partial charge in [0.05, 0.1) is 11.8 Å². The van der Waals surface area contributed by atoms with Crippen LogP contribution in [0.1, 0.15) is 15.2 Å². The summed E-state index contributed by atoms with van der Waals surface area (Å²) in [7, 11) is 0. The average Bonchev–Trinajstić information content (AvgIpc) is 2.95. The zero-order valence-corrected chi connectivity index (χ0v) is 10.9. The summed E-state index contributed by atoms with van der Waals surface area (Å²) >= 11 is 6.81. The molecule has 6 nitrogen and oxygen atoms in total. The second-order valence-electron chi connectivity index (χ2n) is 3.30. The SMILES string of the molecule is O=C(O)/C=C/c1cnc(NC(=O)c2ccoc2Cl)s1. The van der Waals surface area contributed by atoms with E-state index in [2.05, 4.69) is 10.3 Å². The lowest BCUT2D eigenvalue weighted by molar-refractivity contribution is -0.131. The Balaban J connectivity index is 2.06. The largest absolute Gasteiger partial charge is 0.478 e. The van der Waals surface area contributed by atoms with Gasteiger partial charge in [0.1, 0.15) is 0 Å². The zero-order chi connectivity index (χ0) is 13.8. The fourth-order valence-electron chi connectivity index (χ4n) is 1.20. The van der Waals surface area contributed by atoms with E-state index >= 15 is 0 Å². The fraction of sp³-hybridized carbons (Fsp3) is 0. The molecular formula is C11H7ClN2O4S. The quantitative estimate of drug-likeness (QED) is 0.847. The molecule has 8 heteroatoms. The Hall–Kier alpha value is -2.12. The van der Waals surface area contributed by atoms with Crippen molar-refractivity contribution >= 4 is 46.0 Å². The Kier molecular flexibility index (Phi) is 3.98. The van der Waals surface area contributed by atoms with Gasteiger partial charge in [-0.3, -0.25) is 10.1 Å². The van der Waals surface area contributed by atoms with Crippen LogP contribution < -0.4 is 5.32 Å². The molecule has 2 aromatic heterocycles. The number of carboxylic acids is 1. The van der Waals surface area contributed by atoms with E-state index in [-0.39, 0.29) is 10.8 Å². The number of carbonyl (C=O) groups excluding carboxylic acids is 1. The molecule has 0 spiro atoms. The lowest BCUT2D eigenvalue weighted by atomic mass is 10.3. The third kappa shape index (κ3) is 3.43. The highest BCUT2D eigenvalue weighted by Crippen LogP contribution is 2.22. The molecule has 19 heavy (non-hydrogen) atoms. The number of halogens is 1. The van der Waals surface area contributed by atoms with Crippen LogP contribution in [0.4, 0.5) is 5.13 Å². The number of nitrogens with zero attached hydrogens (tertiary/aromatic N) is 1. The third-order valence-corrected chi connectivity index (χ3v) is 3.17. The van der Waals surface area contributed by atoms with E-state index < -0.39 is 11.9 Å². The van der Waals surface area contributed by atoms with Gasteiger partial charge in [0.15, 0.2) is 5.13 Å². The maximum Gasteiger partial charge on any atom is 0.328 e. The molecule has 98 valence electrons. The number of carbonyl (C=O) groups is 2. The fourth-order valence-corrected chi connectivity index (χ4v) is 2.11. The van der Waals surface area contributed by atoms with Gasteiger partial charge in [-0.25, -0.2) is 9.78 Å². The van der Waals surface area contributed by atoms with Crippen molar-refractivity contribution in [2.24, 2.45) is 0 Å². The van der Waals surface area contributed by atoms with Gasteiger partial charge in [-0.15, -0.1) is 0 Å². The first-order valence-corrected chi connectivity index (χ1v) is 6.17. The van der Waals surface area contributed by atoms with Gasteiger partial charge >= 0.3 is 5.97 Å². The molecule has 2 rings (SSSR count). The first-order chi connectivity index (χ1) is 9.06. The first-order valence-electron chi connectivity index (χ1n) is 4.97. The third-order valence-electron chi connectivity index (χ3n) is 2.00. The Morgan fingerprint density at radius 2 is 2.32 bits per heavy atom. The van der Waals surface area contributed by atoms with Gasteiger partial charge < -0.3 is 9.52 Å². The Morgan fingerprint density at radius 1 is 1.53 bits per heavy atom. The Bertz CT molecular complexity index is 647. The van der Waals surface area contributed by atoms with Gasteiger partial charge in [-0.05, 0) is 23.7 Å². The van der Waals surface area contributed by atoms with Gasteiger partial charge in [-0.1, -0.05) is 11.3 Å². The van der Waals surface area contributed by atoms with E-state index in [4.69, 9.17) is 21.1 Å². The van der Waals surface area contributed by atoms with E-state index in [0.717, 1.165) is 17.4 Å². The van der Waals surface area contributed by atoms with Crippen molar-refractivity contribution in [3.05, 3.63) is 40.3 Å². The summed E-state index contributed by atoms with van der Waals surface area (Å²) in [6.45, 7) is 0. The van der Waals surface area contributed by atoms with Crippen molar-refractivity contribution in [2.45, 2.75) is 0 Å². The zero-order valence-electron chi connectivity index (χ0n) is 9.29. The first kappa shape index (κ1) is 13.3. The minimum atomic E-state index is -1.05. The molecule has 2 aromatic rings. The molecule has 0 bridgehead atoms. The number of anilines is 1. The summed E-state index contributed by atoms with van der Waals surface area (Å²) in [6.07, 6.45) is 5.14. The summed E-state index contributed by atoms with van der Waals surface area (Å²) < 4.78 is 4.80. The lowest BCUT2D eigenvalue weighted by Crippen LogP contribution is -2.10. The van der Waals surface area contributed by atoms with Crippen molar-refractivity contribution in [1.29, 1.82) is 0 Å². The Morgan fingerprint density at radius 3 is 2.95 bits per heavy atom. The van der Waals surface area contributed by atoms with E-state index in [1.54, 1.807) is 0 Å². The number of furan rings is 1. The second-order valence-corrected chi connectivity index (χ2v) is 4.71. The van der Waals surface area contributed by atoms with E-state index in [9.17, 15) is 9.59 Å². The van der Waals surface area contributed by atoms with Crippen LogP contribution in [-0.4, -0.2) is 22.0 Å². The van der Waals surface area contributed by atoms with Gasteiger partial charge in [0.2, 0.25) is 5.22 Å². The lowest BCUT2D eigenvalue weighted by Gasteiger charge is -1.97. The summed E-state index contributed by atoms with van der Waals surface area (Å²) in [5.74, 6) is -1.49. The molecule has 0 aliphatic rings. The Labute approximate surface area is 116 Å². The van der Waals surface area contributed by atoms with Crippen LogP contribution in [0.15, 0.2) is 29.0 Å². The number of hydrogen-bond donors (Lipinski definition) is 2. The second kappa shape index (κ2) is 5.68. The highest BCUT2D eigenvalue weighted by Gasteiger charge is 2.14. The predicted molar refractivity (Wildman–Crippen MR) is 70.5 cm³/mol. The summed E-state index contributed by atoms with van der Waals surface area (Å²) in [6, 6.07) is 1.44. The molecule has 0 radical (unpaired) electrons. The minimum absolute atomic E-state index is 0.0000487. The number of aromatic nitrogens is 1. The van der Waals surface area contributed by atoms with Crippen molar-refractivity contribution < 1.29 is 19.1 Å². The maximum atomic E-state index is 11.8. The van der Waals surface area contributed by atoms with Crippen LogP contribution in [-0.2, 0) is 4.79 Å². The topological polar surface area (TPSA) is 92.4 Å². The highest BCUT2D eigenvalue weighted by molar-refractivity contribution is 7.16. The van der Waals surface area contributed by atoms with E-state index in [0.29, 0.717) is 10.0 Å². The molecular weight excluding hydrogens is 292 g/mol. The highest BCUT2D eigenvalue weighted by atomic mass is 35.5. The predicted octanol–water partition coefficient (Wildman–Crippen LogP) is 2.74. The molecule has 0 fully saturated rings. The van der Waals surface area contributed by atoms with Gasteiger partial charge in [0.25, 0.3) is 5.91 Å². The maximum absolute atomic E-state index is 11.8. The molecule has 1 amide bonds. The molecule has 2 N–H and O–H groups in total. The minimum Gasteiger partial charge on any atom is -0.478 e. The monoisotopic (exact) mass is 298 g/mol. The summed E-state index contributed by atoms with van der Waals surface area (Å²) in [4.78, 5) is 26.7. The molecule has 0 atom stereocenters. The number of rotatable bonds is 4. The van der Waals surface area contributed by atoms with Crippen LogP contribution in [0.25, 0.3) is 6.08 Å². The van der Waals surface area contributed by atoms with Crippen molar-refractivity contribution in [3.63, 3.8) is 0 Å². The molecule has 0 saturated heterocycles. The normalized spacial score (nSPS) is 10.8. The van der Waals surface area contributed by atoms with Crippen LogP contribution in [0.3, 0.4) is 0 Å². The smallest absolute Gasteiger partial charge is 0.328 e. The number of carboxylic acid groups (broad SMARTS) is 1. The number of amides is 1. The van der Waals surface area contributed by atoms with Crippen molar-refractivity contribution in [3.8, 4) is 0 Å². The standard InChI is InChI=1S/C11H7ClN2O4S/c12-9-7(3-4-18-9)10(17)14-11-13-5-6(19-11)1-2-8(15)16/h1-5H,(H,15,16)(H,13,14,17)/b2-1+. The number of hydrogen-bond acceptors (Lipinski definition) is 5. The van der Waals surface area contributed by atoms with Gasteiger partial charge in [0, 0.05) is 17.2 Å². The van der Waals surface area contributed by atoms with Crippen LogP contribution in [0.5, 0.6) is 0 Å². The summed E-state index contributed by atoms with van der Waals surface area (Å²) in [5, 5.41) is 11.4.